The molecule has 0 aromatic carbocycles. The van der Waals surface area contributed by atoms with Crippen LogP contribution in [0.15, 0.2) is 12.2 Å². The molecule has 28 nitrogen and oxygen atoms in total. The molecule has 2 fully saturated rings. The fourth-order valence-corrected chi connectivity index (χ4v) is 12.1. The van der Waals surface area contributed by atoms with Crippen molar-refractivity contribution >= 4 is 71.0 Å². The second-order valence-corrected chi connectivity index (χ2v) is 28.5. The number of aliphatic hydroxyl groups excluding tert-OH is 1. The molecule has 0 aromatic rings. The van der Waals surface area contributed by atoms with Crippen LogP contribution in [0.5, 0.6) is 0 Å². The van der Waals surface area contributed by atoms with E-state index >= 15 is 14.4 Å². The van der Waals surface area contributed by atoms with E-state index in [-0.39, 0.29) is 62.5 Å². The Morgan fingerprint density at radius 3 is 1.58 bits per heavy atom. The predicted octanol–water partition coefficient (Wildman–Crippen LogP) is 2.45. The van der Waals surface area contributed by atoms with E-state index in [2.05, 4.69) is 26.6 Å². The standard InChI is InChI=1S/C69H123N13O15/c1-24-26-29-45(13)58(84)57-62(88)73-49(25-2)64(90)75(17)39-53(83)79(21)56(48(16)97-33-28-27-30-70-69(95)82-31-34-96-35-32-82)61(87)74-54(43(9)10)67(93)76(18)50(36-40(3)4)60(86)71-46(14)59(85)72-47(15)63(89)77(19)51(37-41(5)6)65(91)78(20)52(38-42(7)8)66(92)80(22)55(44(11)12)68(94)81(57)23/h24,26,40-52,54-58,84H,25,27-39H2,1-23H3,(H,70,95)(H,71,86)(H,72,85)(H,73,88)(H,74,87)/b26-24+/t45-,46+,47-,48-,49+,50+,51+,52+,54+,55+,56+,57+,58-/m1/s1. The van der Waals surface area contributed by atoms with E-state index < -0.39 is 162 Å². The van der Waals surface area contributed by atoms with E-state index in [0.717, 1.165) is 14.7 Å². The Kier molecular flexibility index (Phi) is 36.3. The van der Waals surface area contributed by atoms with Crippen LogP contribution in [0.4, 0.5) is 4.79 Å². The zero-order chi connectivity index (χ0) is 74.2. The van der Waals surface area contributed by atoms with Crippen LogP contribution in [0.25, 0.3) is 0 Å². The molecule has 13 amide bonds. The van der Waals surface area contributed by atoms with Crippen LogP contribution in [0.2, 0.25) is 0 Å². The van der Waals surface area contributed by atoms with Gasteiger partial charge in [-0.1, -0.05) is 95.2 Å². The number of carbonyl (C=O) groups excluding carboxylic acids is 12. The molecule has 0 radical (unpaired) electrons. The minimum atomic E-state index is -1.65. The maximum Gasteiger partial charge on any atom is 0.317 e. The van der Waals surface area contributed by atoms with Crippen LogP contribution in [-0.2, 0) is 62.2 Å². The van der Waals surface area contributed by atoms with Gasteiger partial charge in [0, 0.05) is 75.6 Å². The summed E-state index contributed by atoms with van der Waals surface area (Å²) in [5.41, 5.74) is 0. The van der Waals surface area contributed by atoms with Gasteiger partial charge < -0.3 is 80.4 Å². The molecule has 0 saturated carbocycles. The zero-order valence-corrected chi connectivity index (χ0v) is 62.7. The highest BCUT2D eigenvalue weighted by Crippen LogP contribution is 2.26. The second kappa shape index (κ2) is 40.8. The van der Waals surface area contributed by atoms with Gasteiger partial charge in [-0.3, -0.25) is 52.7 Å². The van der Waals surface area contributed by atoms with Gasteiger partial charge in [0.25, 0.3) is 0 Å². The summed E-state index contributed by atoms with van der Waals surface area (Å²) >= 11 is 0. The average molecular weight is 1370 g/mol. The Hall–Kier alpha value is -6.94. The molecule has 0 bridgehead atoms. The van der Waals surface area contributed by atoms with Crippen LogP contribution < -0.4 is 26.6 Å². The van der Waals surface area contributed by atoms with Crippen molar-refractivity contribution in [3.63, 3.8) is 0 Å². The quantitative estimate of drug-likeness (QED) is 0.0754. The molecule has 97 heavy (non-hydrogen) atoms. The van der Waals surface area contributed by atoms with E-state index in [0.29, 0.717) is 45.7 Å². The fraction of sp³-hybridized carbons (Fsp3) is 0.797. The molecule has 2 heterocycles. The van der Waals surface area contributed by atoms with Crippen LogP contribution >= 0.6 is 0 Å². The van der Waals surface area contributed by atoms with E-state index in [9.17, 15) is 48.3 Å². The first-order valence-corrected chi connectivity index (χ1v) is 34.8. The predicted molar refractivity (Wildman–Crippen MR) is 369 cm³/mol. The van der Waals surface area contributed by atoms with E-state index in [1.54, 1.807) is 72.4 Å². The lowest BCUT2D eigenvalue weighted by Crippen LogP contribution is -2.63. The second-order valence-electron chi connectivity index (χ2n) is 28.5. The van der Waals surface area contributed by atoms with Crippen molar-refractivity contribution in [3.05, 3.63) is 12.2 Å². The number of likely N-dealkylation sites (N-methyl/N-ethyl adjacent to an activating group) is 7. The van der Waals surface area contributed by atoms with Gasteiger partial charge >= 0.3 is 6.03 Å². The normalized spacial score (nSPS) is 26.2. The van der Waals surface area contributed by atoms with Gasteiger partial charge in [0.1, 0.15) is 60.4 Å². The largest absolute Gasteiger partial charge is 0.390 e. The van der Waals surface area contributed by atoms with Crippen LogP contribution in [0.1, 0.15) is 156 Å². The number of nitrogens with one attached hydrogen (secondary N) is 5. The van der Waals surface area contributed by atoms with Gasteiger partial charge in [0.15, 0.2) is 0 Å². The molecule has 6 N–H and O–H groups in total. The van der Waals surface area contributed by atoms with Crippen molar-refractivity contribution in [2.45, 2.75) is 228 Å². The summed E-state index contributed by atoms with van der Waals surface area (Å²) in [6, 6.07) is -13.3. The zero-order valence-electron chi connectivity index (χ0n) is 62.7. The molecule has 0 spiro atoms. The van der Waals surface area contributed by atoms with Crippen molar-refractivity contribution < 1.29 is 72.1 Å². The maximum absolute atomic E-state index is 15.3. The van der Waals surface area contributed by atoms with Crippen LogP contribution in [-0.4, -0.2) is 283 Å². The summed E-state index contributed by atoms with van der Waals surface area (Å²) in [7, 11) is 9.75. The van der Waals surface area contributed by atoms with Gasteiger partial charge in [0.2, 0.25) is 65.0 Å². The van der Waals surface area contributed by atoms with Crippen molar-refractivity contribution in [1.82, 2.24) is 65.8 Å². The molecule has 2 rings (SSSR count). The molecule has 0 aliphatic carbocycles. The third-order valence-electron chi connectivity index (χ3n) is 18.3. The van der Waals surface area contributed by atoms with Crippen molar-refractivity contribution in [2.75, 3.05) is 95.3 Å². The third-order valence-corrected chi connectivity index (χ3v) is 18.3. The molecule has 2 saturated heterocycles. The molecule has 0 aromatic heterocycles. The number of amides is 13. The Balaban J connectivity index is 2.95. The SMILES string of the molecule is C/C=C/C[C@@H](C)[C@@H](O)[C@H]1C(=O)N[C@@H](CC)C(=O)N(C)CC(=O)N(C)[C@@H]([C@@H](C)OCCCCNC(=O)N2CCOCC2)C(=O)N[C@@H](C(C)C)C(=O)N(C)[C@@H](CC(C)C)C(=O)N[C@@H](C)C(=O)N[C@H](C)C(=O)N(C)[C@@H](CC(C)C)C(=O)N(C)[C@@H](CC(C)C)C(=O)N(C)[C@@H](C(C)C)C(=O)N1C. The molecular weight excluding hydrogens is 1250 g/mol. The summed E-state index contributed by atoms with van der Waals surface area (Å²) < 4.78 is 11.6. The summed E-state index contributed by atoms with van der Waals surface area (Å²) in [5, 5.41) is 26.1. The molecule has 2 aliphatic rings. The molecule has 0 unspecified atom stereocenters. The minimum absolute atomic E-state index is 0.0243. The number of hydrogen-bond donors (Lipinski definition) is 6. The van der Waals surface area contributed by atoms with E-state index in [4.69, 9.17) is 9.47 Å². The first kappa shape index (κ1) is 86.1. The Bertz CT molecular complexity index is 2670. The molecule has 2 aliphatic heterocycles. The highest BCUT2D eigenvalue weighted by atomic mass is 16.5. The smallest absolute Gasteiger partial charge is 0.317 e. The van der Waals surface area contributed by atoms with Crippen LogP contribution in [0.3, 0.4) is 0 Å². The van der Waals surface area contributed by atoms with Crippen molar-refractivity contribution in [2.24, 2.45) is 35.5 Å². The minimum Gasteiger partial charge on any atom is -0.390 e. The first-order valence-electron chi connectivity index (χ1n) is 34.8. The number of nitrogens with zero attached hydrogens (tertiary/aromatic N) is 8. The summed E-state index contributed by atoms with van der Waals surface area (Å²) in [4.78, 5) is 185. The lowest BCUT2D eigenvalue weighted by Gasteiger charge is -2.41. The molecule has 554 valence electrons. The van der Waals surface area contributed by atoms with Gasteiger partial charge in [-0.15, -0.1) is 0 Å². The number of carbonyl (C=O) groups is 12. The highest BCUT2D eigenvalue weighted by molar-refractivity contribution is 5.99. The van der Waals surface area contributed by atoms with Crippen LogP contribution in [0, 0.1) is 35.5 Å². The van der Waals surface area contributed by atoms with Crippen molar-refractivity contribution in [3.8, 4) is 0 Å². The lowest BCUT2D eigenvalue weighted by atomic mass is 9.91. The summed E-state index contributed by atoms with van der Waals surface area (Å²) in [6.45, 7) is 29.1. The average Bonchev–Trinajstić information content (AvgIpc) is 0.816. The fourth-order valence-electron chi connectivity index (χ4n) is 12.1. The van der Waals surface area contributed by atoms with Crippen molar-refractivity contribution in [1.29, 1.82) is 0 Å². The monoisotopic (exact) mass is 1370 g/mol. The van der Waals surface area contributed by atoms with Gasteiger partial charge in [-0.25, -0.2) is 4.79 Å². The summed E-state index contributed by atoms with van der Waals surface area (Å²) in [5.74, 6) is -10.4. The number of ether oxygens (including phenoxy) is 2. The number of rotatable bonds is 20. The maximum atomic E-state index is 15.3. The Labute approximate surface area is 578 Å². The first-order chi connectivity index (χ1) is 45.2. The van der Waals surface area contributed by atoms with Gasteiger partial charge in [-0.2, -0.15) is 0 Å². The van der Waals surface area contributed by atoms with Gasteiger partial charge in [-0.05, 0) is 108 Å². The summed E-state index contributed by atoms with van der Waals surface area (Å²) in [6.07, 6.45) is 2.54. The highest BCUT2D eigenvalue weighted by Gasteiger charge is 2.46. The third kappa shape index (κ3) is 25.1. The topological polar surface area (TPSA) is 330 Å². The number of aliphatic hydroxyl groups is 1. The number of allylic oxidation sites excluding steroid dienone is 2. The number of unbranched alkanes of at least 4 members (excludes halogenated alkanes) is 1. The number of urea groups is 1. The Morgan fingerprint density at radius 1 is 0.567 bits per heavy atom. The van der Waals surface area contributed by atoms with E-state index in [1.807, 2.05) is 41.5 Å². The number of morpholine rings is 1. The molecular formula is C69H123N13O15. The molecule has 28 heteroatoms. The van der Waals surface area contributed by atoms with Gasteiger partial charge in [0.05, 0.1) is 32.0 Å². The Morgan fingerprint density at radius 2 is 1.06 bits per heavy atom. The van der Waals surface area contributed by atoms with E-state index in [1.165, 1.54) is 82.8 Å². The molecule has 13 atom stereocenters. The lowest BCUT2D eigenvalue weighted by molar-refractivity contribution is -0.157. The number of hydrogen-bond acceptors (Lipinski definition) is 15.